The normalized spacial score (nSPS) is 11.8. The molecule has 0 fully saturated rings. The molecule has 20 heavy (non-hydrogen) atoms. The van der Waals surface area contributed by atoms with Crippen molar-refractivity contribution in [1.82, 2.24) is 4.72 Å². The molecule has 0 amide bonds. The van der Waals surface area contributed by atoms with E-state index in [0.717, 1.165) is 18.2 Å². The highest BCUT2D eigenvalue weighted by Crippen LogP contribution is 2.20. The molecule has 112 valence electrons. The summed E-state index contributed by atoms with van der Waals surface area (Å²) in [4.78, 5) is 10.7. The van der Waals surface area contributed by atoms with E-state index >= 15 is 0 Å². The van der Waals surface area contributed by atoms with E-state index in [1.807, 2.05) is 0 Å². The summed E-state index contributed by atoms with van der Waals surface area (Å²) in [5.74, 6) is -1.23. The fraction of sp³-hybridized carbons (Fsp3) is 0.364. The molecule has 0 spiro atoms. The van der Waals surface area contributed by atoms with E-state index in [4.69, 9.17) is 26.2 Å². The third-order valence-corrected chi connectivity index (χ3v) is 4.18. The number of nitrogens with one attached hydrogen (secondary N) is 1. The van der Waals surface area contributed by atoms with Crippen LogP contribution in [0.15, 0.2) is 23.1 Å². The maximum Gasteiger partial charge on any atom is 0.337 e. The fourth-order valence-electron chi connectivity index (χ4n) is 1.36. The molecule has 0 aliphatic rings. The van der Waals surface area contributed by atoms with Gasteiger partial charge in [-0.05, 0) is 18.2 Å². The summed E-state index contributed by atoms with van der Waals surface area (Å²) in [6.07, 6.45) is -0.724. The molecule has 0 unspecified atom stereocenters. The number of benzene rings is 1. The first kappa shape index (κ1) is 16.9. The number of carbonyl (C=O) groups is 1. The van der Waals surface area contributed by atoms with Gasteiger partial charge in [-0.25, -0.2) is 17.9 Å². The molecule has 0 aliphatic carbocycles. The van der Waals surface area contributed by atoms with E-state index in [1.165, 1.54) is 14.2 Å². The van der Waals surface area contributed by atoms with E-state index in [2.05, 4.69) is 4.72 Å². The summed E-state index contributed by atoms with van der Waals surface area (Å²) in [6, 6.07) is 3.36. The van der Waals surface area contributed by atoms with Crippen LogP contribution in [0, 0.1) is 0 Å². The molecule has 0 saturated carbocycles. The quantitative estimate of drug-likeness (QED) is 0.724. The Kier molecular flexibility index (Phi) is 5.90. The van der Waals surface area contributed by atoms with Gasteiger partial charge in [0, 0.05) is 14.2 Å². The van der Waals surface area contributed by atoms with Crippen LogP contribution >= 0.6 is 11.6 Å². The highest BCUT2D eigenvalue weighted by molar-refractivity contribution is 7.89. The number of hydrogen-bond acceptors (Lipinski definition) is 5. The van der Waals surface area contributed by atoms with E-state index in [-0.39, 0.29) is 22.0 Å². The Hall–Kier alpha value is -1.19. The lowest BCUT2D eigenvalue weighted by atomic mass is 10.2. The van der Waals surface area contributed by atoms with Gasteiger partial charge in [0.2, 0.25) is 10.0 Å². The molecule has 0 radical (unpaired) electrons. The Morgan fingerprint density at radius 1 is 1.40 bits per heavy atom. The lowest BCUT2D eigenvalue weighted by Crippen LogP contribution is -2.34. The topological polar surface area (TPSA) is 102 Å². The number of methoxy groups -OCH3 is 2. The summed E-state index contributed by atoms with van der Waals surface area (Å²) in [5, 5.41) is 8.66. The summed E-state index contributed by atoms with van der Waals surface area (Å²) in [6.45, 7) is -0.0896. The number of hydrogen-bond donors (Lipinski definition) is 2. The van der Waals surface area contributed by atoms with Crippen molar-refractivity contribution in [3.63, 3.8) is 0 Å². The molecule has 7 nitrogen and oxygen atoms in total. The number of rotatable bonds is 7. The van der Waals surface area contributed by atoms with E-state index in [0.29, 0.717) is 0 Å². The van der Waals surface area contributed by atoms with Gasteiger partial charge in [0.05, 0.1) is 22.0 Å². The van der Waals surface area contributed by atoms with E-state index in [1.54, 1.807) is 0 Å². The van der Waals surface area contributed by atoms with Crippen molar-refractivity contribution in [1.29, 1.82) is 0 Å². The van der Waals surface area contributed by atoms with Gasteiger partial charge in [-0.2, -0.15) is 0 Å². The molecule has 0 heterocycles. The van der Waals surface area contributed by atoms with Crippen molar-refractivity contribution in [3.05, 3.63) is 28.8 Å². The molecular formula is C11H14ClNO6S. The highest BCUT2D eigenvalue weighted by atomic mass is 35.5. The van der Waals surface area contributed by atoms with Crippen LogP contribution < -0.4 is 4.72 Å². The number of sulfonamides is 1. The molecule has 0 saturated heterocycles. The van der Waals surface area contributed by atoms with Gasteiger partial charge in [0.25, 0.3) is 0 Å². The van der Waals surface area contributed by atoms with Crippen LogP contribution in [-0.4, -0.2) is 46.5 Å². The van der Waals surface area contributed by atoms with Crippen LogP contribution in [0.25, 0.3) is 0 Å². The third-order valence-electron chi connectivity index (χ3n) is 2.45. The fourth-order valence-corrected chi connectivity index (χ4v) is 2.73. The SMILES string of the molecule is COC(CNS(=O)(=O)c1ccc(C(=O)O)c(Cl)c1)OC. The molecule has 9 heteroatoms. The van der Waals surface area contributed by atoms with Crippen molar-refractivity contribution in [2.45, 2.75) is 11.2 Å². The summed E-state index contributed by atoms with van der Waals surface area (Å²) < 4.78 is 35.9. The zero-order valence-corrected chi connectivity index (χ0v) is 12.4. The number of carboxylic acid groups (broad SMARTS) is 1. The largest absolute Gasteiger partial charge is 0.478 e. The van der Waals surface area contributed by atoms with Gasteiger partial charge < -0.3 is 14.6 Å². The molecule has 1 rings (SSSR count). The van der Waals surface area contributed by atoms with Crippen molar-refractivity contribution in [2.24, 2.45) is 0 Å². The van der Waals surface area contributed by atoms with Gasteiger partial charge >= 0.3 is 5.97 Å². The first-order valence-electron chi connectivity index (χ1n) is 5.40. The molecule has 0 atom stereocenters. The van der Waals surface area contributed by atoms with Crippen molar-refractivity contribution in [2.75, 3.05) is 20.8 Å². The molecule has 1 aromatic rings. The number of halogens is 1. The standard InChI is InChI=1S/C11H14ClNO6S/c1-18-10(19-2)6-13-20(16,17)7-3-4-8(11(14)15)9(12)5-7/h3-5,10,13H,6H2,1-2H3,(H,14,15). The Balaban J connectivity index is 2.93. The van der Waals surface area contributed by atoms with Crippen molar-refractivity contribution in [3.8, 4) is 0 Å². The number of ether oxygens (including phenoxy) is 2. The lowest BCUT2D eigenvalue weighted by molar-refractivity contribution is -0.0960. The summed E-state index contributed by atoms with van der Waals surface area (Å²) in [7, 11) is -1.08. The molecule has 2 N–H and O–H groups in total. The Labute approximate surface area is 121 Å². The maximum absolute atomic E-state index is 12.0. The average Bonchev–Trinajstić information content (AvgIpc) is 2.39. The molecular weight excluding hydrogens is 310 g/mol. The van der Waals surface area contributed by atoms with Gasteiger partial charge in [0.1, 0.15) is 0 Å². The van der Waals surface area contributed by atoms with Crippen molar-refractivity contribution < 1.29 is 27.8 Å². The first-order chi connectivity index (χ1) is 9.31. The monoisotopic (exact) mass is 323 g/mol. The Morgan fingerprint density at radius 3 is 2.45 bits per heavy atom. The van der Waals surface area contributed by atoms with Gasteiger partial charge in [-0.1, -0.05) is 11.6 Å². The minimum absolute atomic E-state index is 0.0896. The second-order valence-electron chi connectivity index (χ2n) is 3.70. The highest BCUT2D eigenvalue weighted by Gasteiger charge is 2.19. The zero-order chi connectivity index (χ0) is 15.3. The lowest BCUT2D eigenvalue weighted by Gasteiger charge is -2.14. The molecule has 0 bridgehead atoms. The zero-order valence-electron chi connectivity index (χ0n) is 10.8. The minimum atomic E-state index is -3.83. The third kappa shape index (κ3) is 4.15. The smallest absolute Gasteiger partial charge is 0.337 e. The van der Waals surface area contributed by atoms with Crippen LogP contribution in [-0.2, 0) is 19.5 Å². The Bertz CT molecular complexity index is 585. The second kappa shape index (κ2) is 7.00. The van der Waals surface area contributed by atoms with Gasteiger partial charge in [0.15, 0.2) is 6.29 Å². The van der Waals surface area contributed by atoms with Crippen LogP contribution in [0.1, 0.15) is 10.4 Å². The maximum atomic E-state index is 12.0. The van der Waals surface area contributed by atoms with Gasteiger partial charge in [-0.3, -0.25) is 0 Å². The minimum Gasteiger partial charge on any atom is -0.478 e. The number of carboxylic acids is 1. The molecule has 0 aliphatic heterocycles. The summed E-state index contributed by atoms with van der Waals surface area (Å²) >= 11 is 5.73. The average molecular weight is 324 g/mol. The van der Waals surface area contributed by atoms with Crippen molar-refractivity contribution >= 4 is 27.6 Å². The van der Waals surface area contributed by atoms with Gasteiger partial charge in [-0.15, -0.1) is 0 Å². The molecule has 1 aromatic carbocycles. The predicted octanol–water partition coefficient (Wildman–Crippen LogP) is 0.935. The first-order valence-corrected chi connectivity index (χ1v) is 7.26. The van der Waals surface area contributed by atoms with E-state index < -0.39 is 22.3 Å². The predicted molar refractivity (Wildman–Crippen MR) is 71.4 cm³/mol. The van der Waals surface area contributed by atoms with Crippen LogP contribution in [0.3, 0.4) is 0 Å². The molecule has 0 aromatic heterocycles. The van der Waals surface area contributed by atoms with Crippen LogP contribution in [0.4, 0.5) is 0 Å². The van der Waals surface area contributed by atoms with Crippen LogP contribution in [0.2, 0.25) is 5.02 Å². The number of aromatic carboxylic acids is 1. The van der Waals surface area contributed by atoms with Crippen LogP contribution in [0.5, 0.6) is 0 Å². The summed E-state index contributed by atoms with van der Waals surface area (Å²) in [5.41, 5.74) is -0.169. The van der Waals surface area contributed by atoms with E-state index in [9.17, 15) is 13.2 Å². The second-order valence-corrected chi connectivity index (χ2v) is 5.87. The Morgan fingerprint density at radius 2 is 2.00 bits per heavy atom.